The summed E-state index contributed by atoms with van der Waals surface area (Å²) in [5.41, 5.74) is -0.778. The minimum Gasteiger partial charge on any atom is -0.478 e. The first-order chi connectivity index (χ1) is 9.93. The lowest BCUT2D eigenvalue weighted by Crippen LogP contribution is -2.19. The molecule has 2 heterocycles. The van der Waals surface area contributed by atoms with E-state index in [2.05, 4.69) is 15.4 Å². The van der Waals surface area contributed by atoms with E-state index in [1.54, 1.807) is 0 Å². The van der Waals surface area contributed by atoms with Crippen LogP contribution in [0.4, 0.5) is 5.69 Å². The van der Waals surface area contributed by atoms with Crippen molar-refractivity contribution in [1.29, 1.82) is 0 Å². The molecule has 0 unspecified atom stereocenters. The molecule has 0 aliphatic heterocycles. The van der Waals surface area contributed by atoms with Gasteiger partial charge in [-0.05, 0) is 6.07 Å². The summed E-state index contributed by atoms with van der Waals surface area (Å²) in [5.74, 6) is -1.96. The number of hydrogen-bond donors (Lipinski definition) is 2. The van der Waals surface area contributed by atoms with Crippen LogP contribution in [0, 0.1) is 10.1 Å². The highest BCUT2D eigenvalue weighted by molar-refractivity contribution is 5.93. The number of aromatic nitrogens is 3. The van der Waals surface area contributed by atoms with Gasteiger partial charge in [0.1, 0.15) is 11.8 Å². The zero-order chi connectivity index (χ0) is 15.6. The van der Waals surface area contributed by atoms with E-state index in [4.69, 9.17) is 5.11 Å². The van der Waals surface area contributed by atoms with Crippen molar-refractivity contribution in [1.82, 2.24) is 20.1 Å². The number of carbonyl (C=O) groups excluding carboxylic acids is 1. The van der Waals surface area contributed by atoms with Crippen LogP contribution in [0.5, 0.6) is 0 Å². The van der Waals surface area contributed by atoms with Crippen molar-refractivity contribution in [2.75, 3.05) is 7.05 Å². The summed E-state index contributed by atoms with van der Waals surface area (Å²) < 4.78 is 1.07. The van der Waals surface area contributed by atoms with Crippen LogP contribution in [-0.4, -0.2) is 43.7 Å². The van der Waals surface area contributed by atoms with Crippen molar-refractivity contribution in [3.05, 3.63) is 45.9 Å². The summed E-state index contributed by atoms with van der Waals surface area (Å²) in [7, 11) is 1.42. The molecule has 0 radical (unpaired) electrons. The van der Waals surface area contributed by atoms with Gasteiger partial charge in [0.2, 0.25) is 0 Å². The number of nitrogens with zero attached hydrogens (tertiary/aromatic N) is 4. The molecule has 10 heteroatoms. The van der Waals surface area contributed by atoms with E-state index in [0.29, 0.717) is 0 Å². The Morgan fingerprint density at radius 2 is 2.19 bits per heavy atom. The van der Waals surface area contributed by atoms with E-state index < -0.39 is 28.1 Å². The second-order valence-electron chi connectivity index (χ2n) is 3.85. The second kappa shape index (κ2) is 5.36. The van der Waals surface area contributed by atoms with Crippen molar-refractivity contribution in [2.24, 2.45) is 0 Å². The van der Waals surface area contributed by atoms with Crippen LogP contribution in [0.3, 0.4) is 0 Å². The number of nitrogens with one attached hydrogen (secondary N) is 1. The van der Waals surface area contributed by atoms with Crippen LogP contribution in [0.1, 0.15) is 20.8 Å². The molecule has 2 aromatic heterocycles. The van der Waals surface area contributed by atoms with E-state index in [0.717, 1.165) is 16.9 Å². The Bertz CT molecular complexity index is 738. The standard InChI is InChI=1S/C11H9N5O5/c1-12-10(17)8-2-3-15(14-8)9-7(11(18)19)4-6(5-13-9)16(20)21/h2-5H,1H3,(H,12,17)(H,18,19). The SMILES string of the molecule is CNC(=O)c1ccn(-c2ncc([N+](=O)[O-])cc2C(=O)O)n1. The quantitative estimate of drug-likeness (QED) is 0.606. The Kier molecular flexibility index (Phi) is 3.61. The highest BCUT2D eigenvalue weighted by atomic mass is 16.6. The second-order valence-corrected chi connectivity index (χ2v) is 3.85. The first-order valence-corrected chi connectivity index (χ1v) is 5.60. The van der Waals surface area contributed by atoms with Crippen molar-refractivity contribution in [3.8, 4) is 5.82 Å². The highest BCUT2D eigenvalue weighted by Crippen LogP contribution is 2.18. The number of carboxylic acid groups (broad SMARTS) is 1. The fourth-order valence-corrected chi connectivity index (χ4v) is 1.58. The first kappa shape index (κ1) is 14.1. The molecular formula is C11H9N5O5. The molecule has 0 saturated heterocycles. The summed E-state index contributed by atoms with van der Waals surface area (Å²) in [6, 6.07) is 2.25. The van der Waals surface area contributed by atoms with E-state index in [9.17, 15) is 19.7 Å². The third-order valence-electron chi connectivity index (χ3n) is 2.56. The molecule has 0 aliphatic carbocycles. The van der Waals surface area contributed by atoms with Crippen LogP contribution in [-0.2, 0) is 0 Å². The summed E-state index contributed by atoms with van der Waals surface area (Å²) in [5, 5.41) is 26.0. The Balaban J connectivity index is 2.53. The van der Waals surface area contributed by atoms with Crippen LogP contribution >= 0.6 is 0 Å². The molecular weight excluding hydrogens is 282 g/mol. The van der Waals surface area contributed by atoms with Gasteiger partial charge in [0, 0.05) is 19.3 Å². The molecule has 2 rings (SSSR count). The lowest BCUT2D eigenvalue weighted by molar-refractivity contribution is -0.385. The monoisotopic (exact) mass is 291 g/mol. The van der Waals surface area contributed by atoms with Gasteiger partial charge >= 0.3 is 5.97 Å². The molecule has 21 heavy (non-hydrogen) atoms. The Labute approximate surface area is 117 Å². The van der Waals surface area contributed by atoms with E-state index >= 15 is 0 Å². The molecule has 0 aliphatic rings. The van der Waals surface area contributed by atoms with Gasteiger partial charge in [0.15, 0.2) is 11.5 Å². The molecule has 0 fully saturated rings. The summed E-state index contributed by atoms with van der Waals surface area (Å²) in [4.78, 5) is 36.2. The number of nitro groups is 1. The largest absolute Gasteiger partial charge is 0.478 e. The third-order valence-corrected chi connectivity index (χ3v) is 2.56. The van der Waals surface area contributed by atoms with E-state index in [1.807, 2.05) is 0 Å². The molecule has 108 valence electrons. The smallest absolute Gasteiger partial charge is 0.339 e. The van der Waals surface area contributed by atoms with Crippen molar-refractivity contribution >= 4 is 17.6 Å². The zero-order valence-electron chi connectivity index (χ0n) is 10.7. The first-order valence-electron chi connectivity index (χ1n) is 5.60. The summed E-state index contributed by atoms with van der Waals surface area (Å²) in [6.07, 6.45) is 2.26. The lowest BCUT2D eigenvalue weighted by atomic mass is 10.2. The van der Waals surface area contributed by atoms with Gasteiger partial charge in [-0.3, -0.25) is 14.9 Å². The van der Waals surface area contributed by atoms with Crippen molar-refractivity contribution in [2.45, 2.75) is 0 Å². The molecule has 2 N–H and O–H groups in total. The number of hydrogen-bond acceptors (Lipinski definition) is 6. The minimum absolute atomic E-state index is 0.0639. The van der Waals surface area contributed by atoms with Gasteiger partial charge < -0.3 is 10.4 Å². The number of aromatic carboxylic acids is 1. The van der Waals surface area contributed by atoms with Gasteiger partial charge in [-0.15, -0.1) is 0 Å². The molecule has 0 saturated carbocycles. The predicted molar refractivity (Wildman–Crippen MR) is 68.4 cm³/mol. The van der Waals surface area contributed by atoms with Gasteiger partial charge in [-0.25, -0.2) is 14.5 Å². The van der Waals surface area contributed by atoms with Gasteiger partial charge in [-0.2, -0.15) is 5.10 Å². The van der Waals surface area contributed by atoms with E-state index in [-0.39, 0.29) is 11.5 Å². The highest BCUT2D eigenvalue weighted by Gasteiger charge is 2.20. The lowest BCUT2D eigenvalue weighted by Gasteiger charge is -2.04. The molecule has 2 aromatic rings. The van der Waals surface area contributed by atoms with Crippen LogP contribution in [0.15, 0.2) is 24.5 Å². The van der Waals surface area contributed by atoms with Crippen LogP contribution in [0.2, 0.25) is 0 Å². The fraction of sp³-hybridized carbons (Fsp3) is 0.0909. The molecule has 0 aromatic carbocycles. The van der Waals surface area contributed by atoms with Crippen LogP contribution in [0.25, 0.3) is 5.82 Å². The van der Waals surface area contributed by atoms with Gasteiger partial charge in [-0.1, -0.05) is 0 Å². The van der Waals surface area contributed by atoms with Gasteiger partial charge in [0.25, 0.3) is 11.6 Å². The minimum atomic E-state index is -1.39. The maximum atomic E-state index is 11.4. The molecule has 0 spiro atoms. The maximum absolute atomic E-state index is 11.4. The van der Waals surface area contributed by atoms with Crippen molar-refractivity contribution < 1.29 is 19.6 Å². The molecule has 0 atom stereocenters. The fourth-order valence-electron chi connectivity index (χ4n) is 1.58. The van der Waals surface area contributed by atoms with Crippen LogP contribution < -0.4 is 5.32 Å². The predicted octanol–water partition coefficient (Wildman–Crippen LogP) is 0.233. The zero-order valence-corrected chi connectivity index (χ0v) is 10.7. The number of carboxylic acids is 1. The molecule has 0 bridgehead atoms. The number of amides is 1. The topological polar surface area (TPSA) is 140 Å². The normalized spacial score (nSPS) is 10.1. The number of carbonyl (C=O) groups is 2. The Hall–Kier alpha value is -3.30. The molecule has 10 nitrogen and oxygen atoms in total. The van der Waals surface area contributed by atoms with E-state index in [1.165, 1.54) is 19.3 Å². The average molecular weight is 291 g/mol. The number of rotatable bonds is 4. The summed E-state index contributed by atoms with van der Waals surface area (Å²) >= 11 is 0. The third kappa shape index (κ3) is 2.68. The maximum Gasteiger partial charge on any atom is 0.339 e. The number of pyridine rings is 1. The Morgan fingerprint density at radius 3 is 2.76 bits per heavy atom. The van der Waals surface area contributed by atoms with Crippen molar-refractivity contribution in [3.63, 3.8) is 0 Å². The summed E-state index contributed by atoms with van der Waals surface area (Å²) in [6.45, 7) is 0. The average Bonchev–Trinajstić information content (AvgIpc) is 2.95. The Morgan fingerprint density at radius 1 is 1.48 bits per heavy atom. The molecule has 1 amide bonds. The van der Waals surface area contributed by atoms with Gasteiger partial charge in [0.05, 0.1) is 4.92 Å².